The van der Waals surface area contributed by atoms with Crippen molar-refractivity contribution in [3.63, 3.8) is 0 Å². The lowest BCUT2D eigenvalue weighted by atomic mass is 10.4. The lowest BCUT2D eigenvalue weighted by Crippen LogP contribution is -2.23. The molecule has 0 amide bonds. The highest BCUT2D eigenvalue weighted by molar-refractivity contribution is 7.80. The highest BCUT2D eigenvalue weighted by atomic mass is 35.5. The first kappa shape index (κ1) is 6.60. The van der Waals surface area contributed by atoms with E-state index in [-0.39, 0.29) is 6.04 Å². The Hall–Kier alpha value is 0.600. The van der Waals surface area contributed by atoms with Gasteiger partial charge in [-0.1, -0.05) is 0 Å². The van der Waals surface area contributed by atoms with Crippen LogP contribution in [0.1, 0.15) is 0 Å². The van der Waals surface area contributed by atoms with Crippen LogP contribution in [0.15, 0.2) is 0 Å². The quantitative estimate of drug-likeness (QED) is 0.408. The van der Waals surface area contributed by atoms with Gasteiger partial charge in [0.15, 0.2) is 0 Å². The molecule has 0 aliphatic rings. The van der Waals surface area contributed by atoms with E-state index >= 15 is 0 Å². The number of halogens is 1. The maximum Gasteiger partial charge on any atom is 0.0383 e. The molecule has 0 aliphatic heterocycles. The number of hydrogen-bond acceptors (Lipinski definition) is 2. The minimum Gasteiger partial charge on any atom is -0.326 e. The predicted molar refractivity (Wildman–Crippen MR) is 32.5 cm³/mol. The Morgan fingerprint density at radius 3 is 2.33 bits per heavy atom. The minimum absolute atomic E-state index is 0.0648. The summed E-state index contributed by atoms with van der Waals surface area (Å²) in [6, 6.07) is 0.0648. The summed E-state index contributed by atoms with van der Waals surface area (Å²) < 4.78 is 0. The fourth-order valence-electron chi connectivity index (χ4n) is 0.0488. The van der Waals surface area contributed by atoms with E-state index in [1.54, 1.807) is 0 Å². The standard InChI is InChI=1S/C3H8ClNS/c4-1-3(5)2-6/h3,6H,1-2,5H2. The molecule has 0 aromatic carbocycles. The maximum absolute atomic E-state index is 5.28. The Morgan fingerprint density at radius 1 is 1.83 bits per heavy atom. The van der Waals surface area contributed by atoms with Gasteiger partial charge in [0.1, 0.15) is 0 Å². The molecule has 1 unspecified atom stereocenters. The Labute approximate surface area is 48.3 Å². The molecule has 0 aromatic rings. The molecule has 2 N–H and O–H groups in total. The van der Waals surface area contributed by atoms with Crippen LogP contribution in [0.2, 0.25) is 0 Å². The Kier molecular flexibility index (Phi) is 4.16. The molecule has 1 atom stereocenters. The summed E-state index contributed by atoms with van der Waals surface area (Å²) >= 11 is 9.16. The zero-order valence-corrected chi connectivity index (χ0v) is 5.04. The van der Waals surface area contributed by atoms with Crippen LogP contribution in [0.3, 0.4) is 0 Å². The molecule has 0 aliphatic carbocycles. The molecule has 0 bridgehead atoms. The zero-order valence-electron chi connectivity index (χ0n) is 3.39. The van der Waals surface area contributed by atoms with Gasteiger partial charge in [0.25, 0.3) is 0 Å². The second-order valence-corrected chi connectivity index (χ2v) is 1.77. The molecular formula is C3H8ClNS. The molecule has 0 fully saturated rings. The SMILES string of the molecule is NC(CS)CCl. The molecule has 0 radical (unpaired) electrons. The van der Waals surface area contributed by atoms with Crippen molar-refractivity contribution in [1.29, 1.82) is 0 Å². The lowest BCUT2D eigenvalue weighted by Gasteiger charge is -1.97. The van der Waals surface area contributed by atoms with E-state index in [1.807, 2.05) is 0 Å². The van der Waals surface area contributed by atoms with Gasteiger partial charge in [-0.15, -0.1) is 11.6 Å². The van der Waals surface area contributed by atoms with Gasteiger partial charge in [0, 0.05) is 17.7 Å². The van der Waals surface area contributed by atoms with Crippen LogP contribution in [0.4, 0.5) is 0 Å². The van der Waals surface area contributed by atoms with Gasteiger partial charge in [0.05, 0.1) is 0 Å². The summed E-state index contributed by atoms with van der Waals surface area (Å²) in [5.74, 6) is 1.17. The van der Waals surface area contributed by atoms with Crippen LogP contribution >= 0.6 is 24.2 Å². The smallest absolute Gasteiger partial charge is 0.0383 e. The predicted octanol–water partition coefficient (Wildman–Crippen LogP) is 0.482. The largest absolute Gasteiger partial charge is 0.326 e. The van der Waals surface area contributed by atoms with Crippen LogP contribution < -0.4 is 5.73 Å². The topological polar surface area (TPSA) is 26.0 Å². The van der Waals surface area contributed by atoms with Crippen LogP contribution in [0.25, 0.3) is 0 Å². The van der Waals surface area contributed by atoms with Crippen molar-refractivity contribution in [2.75, 3.05) is 11.6 Å². The van der Waals surface area contributed by atoms with Crippen molar-refractivity contribution in [2.45, 2.75) is 6.04 Å². The van der Waals surface area contributed by atoms with Gasteiger partial charge >= 0.3 is 0 Å². The van der Waals surface area contributed by atoms with Crippen molar-refractivity contribution in [1.82, 2.24) is 0 Å². The van der Waals surface area contributed by atoms with E-state index < -0.39 is 0 Å². The average Bonchev–Trinajstić information content (AvgIpc) is 1.65. The fraction of sp³-hybridized carbons (Fsp3) is 1.00. The molecule has 3 heteroatoms. The third-order valence-electron chi connectivity index (χ3n) is 0.433. The van der Waals surface area contributed by atoms with Crippen molar-refractivity contribution in [3.8, 4) is 0 Å². The molecule has 0 rings (SSSR count). The van der Waals surface area contributed by atoms with Gasteiger partial charge < -0.3 is 5.73 Å². The maximum atomic E-state index is 5.28. The number of thiol groups is 1. The lowest BCUT2D eigenvalue weighted by molar-refractivity contribution is 0.858. The fourth-order valence-corrected chi connectivity index (χ4v) is 0.439. The normalized spacial score (nSPS) is 14.5. The van der Waals surface area contributed by atoms with E-state index in [1.165, 1.54) is 0 Å². The number of hydrogen-bond donors (Lipinski definition) is 2. The Morgan fingerprint density at radius 2 is 2.33 bits per heavy atom. The third kappa shape index (κ3) is 2.82. The summed E-state index contributed by atoms with van der Waals surface area (Å²) in [6.07, 6.45) is 0. The van der Waals surface area contributed by atoms with Crippen LogP contribution in [0, 0.1) is 0 Å². The van der Waals surface area contributed by atoms with Crippen LogP contribution in [-0.4, -0.2) is 17.7 Å². The van der Waals surface area contributed by atoms with Crippen molar-refractivity contribution >= 4 is 24.2 Å². The summed E-state index contributed by atoms with van der Waals surface area (Å²) in [4.78, 5) is 0. The minimum atomic E-state index is 0.0648. The molecule has 1 nitrogen and oxygen atoms in total. The molecule has 0 aromatic heterocycles. The van der Waals surface area contributed by atoms with E-state index in [9.17, 15) is 0 Å². The van der Waals surface area contributed by atoms with Crippen molar-refractivity contribution in [2.24, 2.45) is 5.73 Å². The number of alkyl halides is 1. The molecule has 6 heavy (non-hydrogen) atoms. The number of nitrogens with two attached hydrogens (primary N) is 1. The first-order valence-corrected chi connectivity index (χ1v) is 2.90. The van der Waals surface area contributed by atoms with E-state index in [0.717, 1.165) is 0 Å². The summed E-state index contributed by atoms with van der Waals surface area (Å²) in [5, 5.41) is 0. The zero-order chi connectivity index (χ0) is 4.99. The van der Waals surface area contributed by atoms with Crippen LogP contribution in [0.5, 0.6) is 0 Å². The highest BCUT2D eigenvalue weighted by Crippen LogP contribution is 1.84. The monoisotopic (exact) mass is 125 g/mol. The molecule has 38 valence electrons. The second kappa shape index (κ2) is 3.78. The average molecular weight is 126 g/mol. The first-order chi connectivity index (χ1) is 2.81. The van der Waals surface area contributed by atoms with E-state index in [4.69, 9.17) is 17.3 Å². The molecule has 0 saturated heterocycles. The first-order valence-electron chi connectivity index (χ1n) is 1.73. The van der Waals surface area contributed by atoms with Crippen molar-refractivity contribution < 1.29 is 0 Å². The summed E-state index contributed by atoms with van der Waals surface area (Å²) in [7, 11) is 0. The number of rotatable bonds is 2. The summed E-state index contributed by atoms with van der Waals surface area (Å²) in [5.41, 5.74) is 5.26. The van der Waals surface area contributed by atoms with Gasteiger partial charge in [-0.2, -0.15) is 12.6 Å². The van der Waals surface area contributed by atoms with E-state index in [2.05, 4.69) is 12.6 Å². The molecular weight excluding hydrogens is 118 g/mol. The molecule has 0 saturated carbocycles. The molecule has 0 heterocycles. The van der Waals surface area contributed by atoms with Gasteiger partial charge in [-0.3, -0.25) is 0 Å². The van der Waals surface area contributed by atoms with Gasteiger partial charge in [0.2, 0.25) is 0 Å². The summed E-state index contributed by atoms with van der Waals surface area (Å²) in [6.45, 7) is 0. The second-order valence-electron chi connectivity index (χ2n) is 1.10. The Balaban J connectivity index is 2.75. The van der Waals surface area contributed by atoms with Gasteiger partial charge in [-0.25, -0.2) is 0 Å². The van der Waals surface area contributed by atoms with Gasteiger partial charge in [-0.05, 0) is 0 Å². The van der Waals surface area contributed by atoms with Crippen molar-refractivity contribution in [3.05, 3.63) is 0 Å². The molecule has 0 spiro atoms. The van der Waals surface area contributed by atoms with Crippen LogP contribution in [-0.2, 0) is 0 Å². The highest BCUT2D eigenvalue weighted by Gasteiger charge is 1.91. The Bertz CT molecular complexity index is 30.0. The van der Waals surface area contributed by atoms with E-state index in [0.29, 0.717) is 11.6 Å². The third-order valence-corrected chi connectivity index (χ3v) is 1.30.